The fraction of sp³-hybridized carbons (Fsp3) is 0.867. The first-order valence-corrected chi connectivity index (χ1v) is 7.88. The van der Waals surface area contributed by atoms with Crippen LogP contribution in [0.5, 0.6) is 0 Å². The Morgan fingerprint density at radius 1 is 1.20 bits per heavy atom. The molecule has 0 atom stereocenters. The lowest BCUT2D eigenvalue weighted by Crippen LogP contribution is -2.54. The van der Waals surface area contributed by atoms with Crippen LogP contribution in [-0.4, -0.2) is 61.4 Å². The topological polar surface area (TPSA) is 52.7 Å². The summed E-state index contributed by atoms with van der Waals surface area (Å²) in [4.78, 5) is 28.2. The molecule has 5 nitrogen and oxygen atoms in total. The van der Waals surface area contributed by atoms with Gasteiger partial charge in [0, 0.05) is 45.7 Å². The number of amides is 2. The van der Waals surface area contributed by atoms with Crippen LogP contribution in [-0.2, 0) is 9.59 Å². The van der Waals surface area contributed by atoms with Crippen LogP contribution in [0.4, 0.5) is 0 Å². The predicted molar refractivity (Wildman–Crippen MR) is 78.2 cm³/mol. The quantitative estimate of drug-likeness (QED) is 0.807. The van der Waals surface area contributed by atoms with Crippen LogP contribution in [0.3, 0.4) is 0 Å². The molecule has 1 N–H and O–H groups in total. The molecule has 0 spiro atoms. The van der Waals surface area contributed by atoms with E-state index in [1.54, 1.807) is 0 Å². The summed E-state index contributed by atoms with van der Waals surface area (Å²) in [6.07, 6.45) is 3.82. The number of rotatable bonds is 5. The number of nitrogens with zero attached hydrogens (tertiary/aromatic N) is 2. The van der Waals surface area contributed by atoms with Gasteiger partial charge in [-0.15, -0.1) is 0 Å². The molecule has 0 unspecified atom stereocenters. The van der Waals surface area contributed by atoms with Gasteiger partial charge >= 0.3 is 0 Å². The van der Waals surface area contributed by atoms with E-state index in [-0.39, 0.29) is 23.7 Å². The smallest absolute Gasteiger partial charge is 0.228 e. The van der Waals surface area contributed by atoms with Gasteiger partial charge in [0.05, 0.1) is 5.92 Å². The van der Waals surface area contributed by atoms with E-state index in [1.807, 2.05) is 16.8 Å². The van der Waals surface area contributed by atoms with Crippen LogP contribution >= 0.6 is 0 Å². The second-order valence-electron chi connectivity index (χ2n) is 6.07. The molecule has 20 heavy (non-hydrogen) atoms. The molecule has 2 aliphatic rings. The lowest BCUT2D eigenvalue weighted by molar-refractivity contribution is -0.142. The molecular weight excluding hydrogens is 254 g/mol. The van der Waals surface area contributed by atoms with E-state index in [0.717, 1.165) is 58.4 Å². The maximum atomic E-state index is 12.3. The van der Waals surface area contributed by atoms with Crippen molar-refractivity contribution >= 4 is 11.8 Å². The van der Waals surface area contributed by atoms with Gasteiger partial charge in [0.1, 0.15) is 0 Å². The Hall–Kier alpha value is -1.10. The number of carbonyl (C=O) groups excluding carboxylic acids is 2. The zero-order valence-corrected chi connectivity index (χ0v) is 12.7. The molecule has 0 radical (unpaired) electrons. The second-order valence-corrected chi connectivity index (χ2v) is 6.07. The molecule has 0 bridgehead atoms. The van der Waals surface area contributed by atoms with Crippen molar-refractivity contribution in [2.75, 3.05) is 39.8 Å². The summed E-state index contributed by atoms with van der Waals surface area (Å²) in [6.45, 7) is 6.11. The van der Waals surface area contributed by atoms with Crippen molar-refractivity contribution in [2.24, 2.45) is 11.8 Å². The summed E-state index contributed by atoms with van der Waals surface area (Å²) >= 11 is 0. The van der Waals surface area contributed by atoms with Crippen molar-refractivity contribution in [2.45, 2.75) is 32.6 Å². The van der Waals surface area contributed by atoms with E-state index in [0.29, 0.717) is 0 Å². The van der Waals surface area contributed by atoms with Gasteiger partial charge < -0.3 is 15.1 Å². The minimum absolute atomic E-state index is 0.112. The number of hydrogen-bond donors (Lipinski definition) is 1. The maximum Gasteiger partial charge on any atom is 0.228 e. The Kier molecular flexibility index (Phi) is 5.40. The molecule has 0 aromatic heterocycles. The number of carbonyl (C=O) groups is 2. The van der Waals surface area contributed by atoms with Crippen molar-refractivity contribution in [1.29, 1.82) is 0 Å². The van der Waals surface area contributed by atoms with Crippen molar-refractivity contribution in [3.63, 3.8) is 0 Å². The summed E-state index contributed by atoms with van der Waals surface area (Å²) in [5.74, 6) is 0.819. The van der Waals surface area contributed by atoms with Gasteiger partial charge in [-0.1, -0.05) is 13.3 Å². The number of unbranched alkanes of at least 4 members (excludes halogenated alkanes) is 1. The summed E-state index contributed by atoms with van der Waals surface area (Å²) in [7, 11) is 1.90. The Balaban J connectivity index is 1.75. The van der Waals surface area contributed by atoms with E-state index in [9.17, 15) is 9.59 Å². The van der Waals surface area contributed by atoms with Crippen LogP contribution < -0.4 is 5.32 Å². The minimum atomic E-state index is 0.112. The van der Waals surface area contributed by atoms with E-state index >= 15 is 0 Å². The van der Waals surface area contributed by atoms with Gasteiger partial charge in [-0.25, -0.2) is 0 Å². The normalized spacial score (nSPS) is 20.6. The van der Waals surface area contributed by atoms with Crippen LogP contribution in [0, 0.1) is 11.8 Å². The largest absolute Gasteiger partial charge is 0.346 e. The summed E-state index contributed by atoms with van der Waals surface area (Å²) in [5, 5.41) is 3.13. The molecule has 0 aliphatic carbocycles. The van der Waals surface area contributed by atoms with E-state index < -0.39 is 0 Å². The van der Waals surface area contributed by atoms with Crippen LogP contribution in [0.1, 0.15) is 32.6 Å². The number of hydrogen-bond acceptors (Lipinski definition) is 3. The standard InChI is InChI=1S/C15H27N3O2/c1-3-4-7-17(2)14(19)12-5-8-18(9-6-12)15(20)13-10-16-11-13/h12-13,16H,3-11H2,1-2H3. The molecule has 2 aliphatic heterocycles. The monoisotopic (exact) mass is 281 g/mol. The predicted octanol–water partition coefficient (Wildman–Crippen LogP) is 0.703. The lowest BCUT2D eigenvalue weighted by atomic mass is 9.93. The number of likely N-dealkylation sites (tertiary alicyclic amines) is 1. The van der Waals surface area contributed by atoms with Gasteiger partial charge in [0.25, 0.3) is 0 Å². The third-order valence-corrected chi connectivity index (χ3v) is 4.51. The molecule has 0 aromatic rings. The molecule has 0 aromatic carbocycles. The Morgan fingerprint density at radius 3 is 2.35 bits per heavy atom. The average Bonchev–Trinajstić information content (AvgIpc) is 2.42. The average molecular weight is 281 g/mol. The minimum Gasteiger partial charge on any atom is -0.346 e. The van der Waals surface area contributed by atoms with E-state index in [4.69, 9.17) is 0 Å². The highest BCUT2D eigenvalue weighted by Gasteiger charge is 2.33. The molecular formula is C15H27N3O2. The van der Waals surface area contributed by atoms with Crippen molar-refractivity contribution in [3.05, 3.63) is 0 Å². The molecule has 0 saturated carbocycles. The molecule has 5 heteroatoms. The van der Waals surface area contributed by atoms with Crippen LogP contribution in [0.2, 0.25) is 0 Å². The molecule has 114 valence electrons. The lowest BCUT2D eigenvalue weighted by Gasteiger charge is -2.37. The van der Waals surface area contributed by atoms with Crippen molar-refractivity contribution in [1.82, 2.24) is 15.1 Å². The first-order valence-electron chi connectivity index (χ1n) is 7.88. The number of piperidine rings is 1. The van der Waals surface area contributed by atoms with Crippen LogP contribution in [0.25, 0.3) is 0 Å². The summed E-state index contributed by atoms with van der Waals surface area (Å²) < 4.78 is 0. The zero-order chi connectivity index (χ0) is 14.5. The third kappa shape index (κ3) is 3.51. The summed E-state index contributed by atoms with van der Waals surface area (Å²) in [6, 6.07) is 0. The van der Waals surface area contributed by atoms with E-state index in [2.05, 4.69) is 12.2 Å². The van der Waals surface area contributed by atoms with Gasteiger partial charge in [0.15, 0.2) is 0 Å². The van der Waals surface area contributed by atoms with Crippen molar-refractivity contribution < 1.29 is 9.59 Å². The molecule has 2 saturated heterocycles. The Labute approximate surface area is 121 Å². The zero-order valence-electron chi connectivity index (χ0n) is 12.7. The maximum absolute atomic E-state index is 12.3. The first kappa shape index (κ1) is 15.3. The Bertz CT molecular complexity index is 347. The van der Waals surface area contributed by atoms with Crippen molar-refractivity contribution in [3.8, 4) is 0 Å². The fourth-order valence-corrected chi connectivity index (χ4v) is 2.89. The Morgan fingerprint density at radius 2 is 1.85 bits per heavy atom. The van der Waals surface area contributed by atoms with Crippen LogP contribution in [0.15, 0.2) is 0 Å². The van der Waals surface area contributed by atoms with Gasteiger partial charge in [-0.2, -0.15) is 0 Å². The highest BCUT2D eigenvalue weighted by atomic mass is 16.2. The fourth-order valence-electron chi connectivity index (χ4n) is 2.89. The first-order chi connectivity index (χ1) is 9.63. The molecule has 2 heterocycles. The molecule has 2 rings (SSSR count). The van der Waals surface area contributed by atoms with Gasteiger partial charge in [-0.3, -0.25) is 9.59 Å². The highest BCUT2D eigenvalue weighted by molar-refractivity contribution is 5.81. The number of nitrogens with one attached hydrogen (secondary N) is 1. The summed E-state index contributed by atoms with van der Waals surface area (Å²) in [5.41, 5.74) is 0. The molecule has 2 amide bonds. The van der Waals surface area contributed by atoms with E-state index in [1.165, 1.54) is 0 Å². The van der Waals surface area contributed by atoms with Gasteiger partial charge in [-0.05, 0) is 19.3 Å². The molecule has 2 fully saturated rings. The SMILES string of the molecule is CCCCN(C)C(=O)C1CCN(C(=O)C2CNC2)CC1. The highest BCUT2D eigenvalue weighted by Crippen LogP contribution is 2.21. The second kappa shape index (κ2) is 7.07. The third-order valence-electron chi connectivity index (χ3n) is 4.51. The van der Waals surface area contributed by atoms with Gasteiger partial charge in [0.2, 0.25) is 11.8 Å².